The highest BCUT2D eigenvalue weighted by atomic mass is 16.5. The molecule has 10 nitrogen and oxygen atoms in total. The molecular formula is C28H26N4O6. The molecule has 0 aliphatic carbocycles. The summed E-state index contributed by atoms with van der Waals surface area (Å²) in [7, 11) is 7.85. The van der Waals surface area contributed by atoms with Gasteiger partial charge in [-0.05, 0) is 30.3 Å². The number of hydrogen-bond acceptors (Lipinski definition) is 7. The predicted octanol–water partition coefficient (Wildman–Crippen LogP) is 4.16. The lowest BCUT2D eigenvalue weighted by atomic mass is 10.1. The number of anilines is 1. The van der Waals surface area contributed by atoms with E-state index in [1.807, 2.05) is 24.3 Å². The summed E-state index contributed by atoms with van der Waals surface area (Å²) in [5, 5.41) is 8.64. The van der Waals surface area contributed by atoms with Gasteiger partial charge in [0.2, 0.25) is 5.75 Å². The molecule has 0 unspecified atom stereocenters. The van der Waals surface area contributed by atoms with Crippen LogP contribution >= 0.6 is 0 Å². The van der Waals surface area contributed by atoms with Gasteiger partial charge in [-0.15, -0.1) is 0 Å². The van der Waals surface area contributed by atoms with E-state index in [0.29, 0.717) is 45.3 Å². The maximum Gasteiger partial charge on any atom is 0.296 e. The smallest absolute Gasteiger partial charge is 0.296 e. The zero-order chi connectivity index (χ0) is 27.0. The largest absolute Gasteiger partial charge is 0.497 e. The van der Waals surface area contributed by atoms with E-state index in [2.05, 4.69) is 10.4 Å². The highest BCUT2D eigenvalue weighted by Crippen LogP contribution is 2.40. The van der Waals surface area contributed by atoms with E-state index in [9.17, 15) is 9.59 Å². The number of carbonyl (C=O) groups is 1. The highest BCUT2D eigenvalue weighted by molar-refractivity contribution is 6.19. The second-order valence-corrected chi connectivity index (χ2v) is 8.43. The molecule has 0 saturated carbocycles. The van der Waals surface area contributed by atoms with Crippen molar-refractivity contribution >= 4 is 33.4 Å². The molecule has 2 aromatic heterocycles. The van der Waals surface area contributed by atoms with E-state index in [0.717, 1.165) is 10.9 Å². The number of nitrogens with zero attached hydrogens (tertiary/aromatic N) is 3. The van der Waals surface area contributed by atoms with E-state index in [1.165, 1.54) is 26.0 Å². The molecule has 194 valence electrons. The van der Waals surface area contributed by atoms with Gasteiger partial charge in [-0.2, -0.15) is 9.78 Å². The van der Waals surface area contributed by atoms with Crippen LogP contribution in [0.2, 0.25) is 0 Å². The van der Waals surface area contributed by atoms with Gasteiger partial charge in [0.25, 0.3) is 11.5 Å². The summed E-state index contributed by atoms with van der Waals surface area (Å²) in [6.45, 7) is 0. The van der Waals surface area contributed by atoms with E-state index in [1.54, 1.807) is 55.1 Å². The van der Waals surface area contributed by atoms with Crippen molar-refractivity contribution in [1.29, 1.82) is 0 Å². The lowest BCUT2D eigenvalue weighted by Gasteiger charge is -2.15. The Morgan fingerprint density at radius 1 is 0.868 bits per heavy atom. The molecule has 38 heavy (non-hydrogen) atoms. The topological polar surface area (TPSA) is 106 Å². The zero-order valence-electron chi connectivity index (χ0n) is 21.6. The minimum atomic E-state index is -0.511. The molecule has 2 heterocycles. The molecule has 0 aliphatic rings. The number of aryl methyl sites for hydroxylation is 1. The van der Waals surface area contributed by atoms with Crippen LogP contribution in [0.4, 0.5) is 5.69 Å². The van der Waals surface area contributed by atoms with Crippen molar-refractivity contribution in [1.82, 2.24) is 14.3 Å². The SMILES string of the molecule is COc1ccc(-n2nc(C(=O)Nc3cc(OC)c(OC)c(OC)c3)c3c4ccccc4n(C)c3c2=O)cc1. The van der Waals surface area contributed by atoms with Crippen LogP contribution in [0.5, 0.6) is 23.0 Å². The van der Waals surface area contributed by atoms with Crippen LogP contribution in [0.25, 0.3) is 27.5 Å². The maximum atomic E-state index is 13.8. The Bertz CT molecular complexity index is 1710. The first-order valence-corrected chi connectivity index (χ1v) is 11.7. The number of carbonyl (C=O) groups excluding carboxylic acids is 1. The normalized spacial score (nSPS) is 11.0. The lowest BCUT2D eigenvalue weighted by Crippen LogP contribution is -2.27. The summed E-state index contributed by atoms with van der Waals surface area (Å²) in [5.41, 5.74) is 1.78. The number of aromatic nitrogens is 3. The van der Waals surface area contributed by atoms with Crippen molar-refractivity contribution in [2.45, 2.75) is 0 Å². The number of nitrogens with one attached hydrogen (secondary N) is 1. The van der Waals surface area contributed by atoms with Crippen LogP contribution in [-0.4, -0.2) is 48.7 Å². The van der Waals surface area contributed by atoms with Gasteiger partial charge in [0.1, 0.15) is 11.3 Å². The minimum Gasteiger partial charge on any atom is -0.497 e. The number of amides is 1. The maximum absolute atomic E-state index is 13.8. The Balaban J connectivity index is 1.73. The number of methoxy groups -OCH3 is 4. The van der Waals surface area contributed by atoms with E-state index >= 15 is 0 Å². The molecule has 0 aliphatic heterocycles. The molecule has 5 aromatic rings. The molecule has 0 fully saturated rings. The summed E-state index contributed by atoms with van der Waals surface area (Å²) in [5.74, 6) is 1.29. The molecular weight excluding hydrogens is 488 g/mol. The number of ether oxygens (including phenoxy) is 4. The van der Waals surface area contributed by atoms with Crippen LogP contribution in [0, 0.1) is 0 Å². The van der Waals surface area contributed by atoms with Crippen molar-refractivity contribution in [2.24, 2.45) is 7.05 Å². The molecule has 0 saturated heterocycles. The standard InChI is InChI=1S/C28H26N4O6/c1-31-20-9-7-6-8-19(20)23-24(27(33)29-16-14-21(36-3)26(38-5)22(15-16)37-4)30-32(28(34)25(23)31)17-10-12-18(35-2)13-11-17/h6-15H,1-5H3,(H,29,33). The monoisotopic (exact) mass is 514 g/mol. The predicted molar refractivity (Wildman–Crippen MR) is 144 cm³/mol. The highest BCUT2D eigenvalue weighted by Gasteiger charge is 2.24. The number of para-hydroxylation sites is 1. The number of rotatable bonds is 7. The Hall–Kier alpha value is -4.99. The first kappa shape index (κ1) is 24.7. The average Bonchev–Trinajstić information content (AvgIpc) is 3.25. The van der Waals surface area contributed by atoms with Gasteiger partial charge in [-0.25, -0.2) is 0 Å². The summed E-state index contributed by atoms with van der Waals surface area (Å²) in [6.07, 6.45) is 0. The fourth-order valence-corrected chi connectivity index (χ4v) is 4.58. The van der Waals surface area contributed by atoms with Crippen LogP contribution < -0.4 is 29.8 Å². The third kappa shape index (κ3) is 3.96. The molecule has 5 rings (SSSR count). The molecule has 0 radical (unpaired) electrons. The summed E-state index contributed by atoms with van der Waals surface area (Å²) in [4.78, 5) is 27.5. The molecule has 0 spiro atoms. The Morgan fingerprint density at radius 3 is 2.13 bits per heavy atom. The fraction of sp³-hybridized carbons (Fsp3) is 0.179. The second kappa shape index (κ2) is 9.81. The van der Waals surface area contributed by atoms with Crippen LogP contribution in [-0.2, 0) is 7.05 Å². The first-order chi connectivity index (χ1) is 18.4. The summed E-state index contributed by atoms with van der Waals surface area (Å²) >= 11 is 0. The van der Waals surface area contributed by atoms with E-state index in [-0.39, 0.29) is 11.3 Å². The van der Waals surface area contributed by atoms with Crippen molar-refractivity contribution in [2.75, 3.05) is 33.8 Å². The van der Waals surface area contributed by atoms with E-state index < -0.39 is 5.91 Å². The lowest BCUT2D eigenvalue weighted by molar-refractivity contribution is 0.102. The number of hydrogen-bond donors (Lipinski definition) is 1. The first-order valence-electron chi connectivity index (χ1n) is 11.7. The van der Waals surface area contributed by atoms with Crippen molar-refractivity contribution < 1.29 is 23.7 Å². The number of fused-ring (bicyclic) bond motifs is 3. The van der Waals surface area contributed by atoms with E-state index in [4.69, 9.17) is 18.9 Å². The van der Waals surface area contributed by atoms with Gasteiger partial charge in [-0.1, -0.05) is 18.2 Å². The average molecular weight is 515 g/mol. The van der Waals surface area contributed by atoms with Gasteiger partial charge < -0.3 is 28.8 Å². The third-order valence-electron chi connectivity index (χ3n) is 6.39. The molecule has 3 aromatic carbocycles. The Morgan fingerprint density at radius 2 is 1.53 bits per heavy atom. The quantitative estimate of drug-likeness (QED) is 0.348. The van der Waals surface area contributed by atoms with Gasteiger partial charge >= 0.3 is 0 Å². The van der Waals surface area contributed by atoms with Crippen molar-refractivity contribution in [3.05, 3.63) is 76.7 Å². The van der Waals surface area contributed by atoms with Crippen molar-refractivity contribution in [3.8, 4) is 28.7 Å². The number of benzene rings is 3. The summed E-state index contributed by atoms with van der Waals surface area (Å²) in [6, 6.07) is 17.6. The summed E-state index contributed by atoms with van der Waals surface area (Å²) < 4.78 is 24.5. The zero-order valence-corrected chi connectivity index (χ0v) is 21.6. The van der Waals surface area contributed by atoms with Gasteiger partial charge in [0, 0.05) is 41.2 Å². The Kier molecular flexibility index (Phi) is 6.38. The molecule has 10 heteroatoms. The third-order valence-corrected chi connectivity index (χ3v) is 6.39. The van der Waals surface area contributed by atoms with Crippen LogP contribution in [0.15, 0.2) is 65.5 Å². The fourth-order valence-electron chi connectivity index (χ4n) is 4.58. The molecule has 0 atom stereocenters. The molecule has 0 bridgehead atoms. The van der Waals surface area contributed by atoms with Gasteiger partial charge in [-0.3, -0.25) is 9.59 Å². The molecule has 1 amide bonds. The second-order valence-electron chi connectivity index (χ2n) is 8.43. The minimum absolute atomic E-state index is 0.0842. The van der Waals surface area contributed by atoms with Gasteiger partial charge in [0.15, 0.2) is 17.2 Å². The van der Waals surface area contributed by atoms with Crippen LogP contribution in [0.3, 0.4) is 0 Å². The van der Waals surface area contributed by atoms with Gasteiger partial charge in [0.05, 0.1) is 34.1 Å². The van der Waals surface area contributed by atoms with Crippen molar-refractivity contribution in [3.63, 3.8) is 0 Å². The van der Waals surface area contributed by atoms with Crippen LogP contribution in [0.1, 0.15) is 10.5 Å². The molecule has 1 N–H and O–H groups in total. The Labute approximate surface area is 217 Å².